The minimum atomic E-state index is -0.734. The van der Waals surface area contributed by atoms with Gasteiger partial charge in [0, 0.05) is 16.6 Å². The third-order valence-corrected chi connectivity index (χ3v) is 4.49. The molecule has 0 spiro atoms. The van der Waals surface area contributed by atoms with Crippen molar-refractivity contribution in [3.8, 4) is 0 Å². The molecule has 1 aliphatic rings. The summed E-state index contributed by atoms with van der Waals surface area (Å²) < 4.78 is 0.989. The smallest absolute Gasteiger partial charge is 0.303 e. The van der Waals surface area contributed by atoms with E-state index in [0.717, 1.165) is 41.7 Å². The van der Waals surface area contributed by atoms with Gasteiger partial charge in [0.05, 0.1) is 6.54 Å². The number of likely N-dealkylation sites (tertiary alicyclic amines) is 1. The second kappa shape index (κ2) is 7.74. The summed E-state index contributed by atoms with van der Waals surface area (Å²) >= 11 is 3.40. The maximum atomic E-state index is 12.1. The molecule has 0 saturated carbocycles. The van der Waals surface area contributed by atoms with Crippen LogP contribution in [-0.2, 0) is 9.59 Å². The number of carboxylic acid groups (broad SMARTS) is 1. The number of aryl methyl sites for hydroxylation is 1. The van der Waals surface area contributed by atoms with E-state index in [0.29, 0.717) is 6.54 Å². The Morgan fingerprint density at radius 3 is 2.64 bits per heavy atom. The molecule has 1 aromatic carbocycles. The highest BCUT2D eigenvalue weighted by atomic mass is 79.9. The number of nitrogens with one attached hydrogen (secondary N) is 1. The van der Waals surface area contributed by atoms with Crippen molar-refractivity contribution >= 4 is 33.5 Å². The second-order valence-electron chi connectivity index (χ2n) is 5.82. The molecular weight excluding hydrogens is 348 g/mol. The van der Waals surface area contributed by atoms with Crippen molar-refractivity contribution in [1.29, 1.82) is 0 Å². The summed E-state index contributed by atoms with van der Waals surface area (Å²) in [6.07, 6.45) is 1.92. The molecule has 1 aliphatic heterocycles. The zero-order valence-corrected chi connectivity index (χ0v) is 14.2. The zero-order chi connectivity index (χ0) is 16.1. The number of hydrogen-bond acceptors (Lipinski definition) is 3. The molecule has 1 amide bonds. The molecule has 1 fully saturated rings. The van der Waals surface area contributed by atoms with Crippen LogP contribution in [0.3, 0.4) is 0 Å². The van der Waals surface area contributed by atoms with Crippen molar-refractivity contribution in [3.05, 3.63) is 28.2 Å². The zero-order valence-electron chi connectivity index (χ0n) is 12.6. The van der Waals surface area contributed by atoms with Gasteiger partial charge in [-0.25, -0.2) is 0 Å². The minimum absolute atomic E-state index is 0.0258. The molecular formula is C16H21BrN2O3. The first-order valence-electron chi connectivity index (χ1n) is 7.44. The maximum absolute atomic E-state index is 12.1. The van der Waals surface area contributed by atoms with E-state index < -0.39 is 5.97 Å². The standard InChI is InChI=1S/C16H21BrN2O3/c1-11-8-13(17)2-3-14(11)18-15(20)10-19-6-4-12(5-7-19)9-16(21)22/h2-3,8,12H,4-7,9-10H2,1H3,(H,18,20)(H,21,22). The first kappa shape index (κ1) is 17.0. The van der Waals surface area contributed by atoms with Crippen molar-refractivity contribution in [2.75, 3.05) is 25.0 Å². The third-order valence-electron chi connectivity index (χ3n) is 4.00. The number of carbonyl (C=O) groups is 2. The topological polar surface area (TPSA) is 69.6 Å². The number of rotatable bonds is 5. The van der Waals surface area contributed by atoms with Gasteiger partial charge in [-0.05, 0) is 62.5 Å². The molecule has 0 unspecified atom stereocenters. The Balaban J connectivity index is 1.79. The van der Waals surface area contributed by atoms with Gasteiger partial charge in [0.2, 0.25) is 5.91 Å². The Bertz CT molecular complexity index is 554. The molecule has 0 radical (unpaired) electrons. The molecule has 1 saturated heterocycles. The van der Waals surface area contributed by atoms with Crippen LogP contribution in [0.2, 0.25) is 0 Å². The lowest BCUT2D eigenvalue weighted by molar-refractivity contribution is -0.138. The molecule has 120 valence electrons. The van der Waals surface area contributed by atoms with Crippen molar-refractivity contribution < 1.29 is 14.7 Å². The monoisotopic (exact) mass is 368 g/mol. The average Bonchev–Trinajstić information content (AvgIpc) is 2.43. The predicted octanol–water partition coefficient (Wildman–Crippen LogP) is 2.88. The number of aliphatic carboxylic acids is 1. The Morgan fingerprint density at radius 2 is 2.05 bits per heavy atom. The van der Waals surface area contributed by atoms with Gasteiger partial charge in [0.15, 0.2) is 0 Å². The fourth-order valence-electron chi connectivity index (χ4n) is 2.76. The van der Waals surface area contributed by atoms with Crippen molar-refractivity contribution in [2.24, 2.45) is 5.92 Å². The van der Waals surface area contributed by atoms with Crippen LogP contribution in [0.15, 0.2) is 22.7 Å². The van der Waals surface area contributed by atoms with Crippen LogP contribution < -0.4 is 5.32 Å². The van der Waals surface area contributed by atoms with Crippen LogP contribution in [0.1, 0.15) is 24.8 Å². The first-order chi connectivity index (χ1) is 10.4. The molecule has 1 heterocycles. The van der Waals surface area contributed by atoms with Crippen molar-refractivity contribution in [2.45, 2.75) is 26.2 Å². The SMILES string of the molecule is Cc1cc(Br)ccc1NC(=O)CN1CCC(CC(=O)O)CC1. The van der Waals surface area contributed by atoms with E-state index in [2.05, 4.69) is 26.1 Å². The second-order valence-corrected chi connectivity index (χ2v) is 6.74. The van der Waals surface area contributed by atoms with Crippen molar-refractivity contribution in [1.82, 2.24) is 4.90 Å². The fourth-order valence-corrected chi connectivity index (χ4v) is 3.23. The number of benzene rings is 1. The molecule has 1 aromatic rings. The Morgan fingerprint density at radius 1 is 1.36 bits per heavy atom. The molecule has 2 N–H and O–H groups in total. The summed E-state index contributed by atoms with van der Waals surface area (Å²) in [5.74, 6) is -0.519. The minimum Gasteiger partial charge on any atom is -0.481 e. The van der Waals surface area contributed by atoms with Crippen LogP contribution in [0.25, 0.3) is 0 Å². The van der Waals surface area contributed by atoms with Gasteiger partial charge in [-0.15, -0.1) is 0 Å². The molecule has 0 atom stereocenters. The van der Waals surface area contributed by atoms with E-state index in [1.54, 1.807) is 0 Å². The highest BCUT2D eigenvalue weighted by Gasteiger charge is 2.22. The number of carboxylic acids is 1. The molecule has 22 heavy (non-hydrogen) atoms. The van der Waals surface area contributed by atoms with Crippen LogP contribution >= 0.6 is 15.9 Å². The largest absolute Gasteiger partial charge is 0.481 e. The summed E-state index contributed by atoms with van der Waals surface area (Å²) in [5.41, 5.74) is 1.84. The summed E-state index contributed by atoms with van der Waals surface area (Å²) in [5, 5.41) is 11.7. The molecule has 0 aromatic heterocycles. The quantitative estimate of drug-likeness (QED) is 0.838. The van der Waals surface area contributed by atoms with E-state index in [1.807, 2.05) is 25.1 Å². The van der Waals surface area contributed by atoms with Crippen LogP contribution in [0.5, 0.6) is 0 Å². The maximum Gasteiger partial charge on any atom is 0.303 e. The van der Waals surface area contributed by atoms with Gasteiger partial charge in [0.25, 0.3) is 0 Å². The highest BCUT2D eigenvalue weighted by molar-refractivity contribution is 9.10. The van der Waals surface area contributed by atoms with Crippen LogP contribution in [0, 0.1) is 12.8 Å². The number of halogens is 1. The number of piperidine rings is 1. The molecule has 0 aliphatic carbocycles. The summed E-state index contributed by atoms with van der Waals surface area (Å²) in [6.45, 7) is 3.88. The molecule has 5 nitrogen and oxygen atoms in total. The lowest BCUT2D eigenvalue weighted by atomic mass is 9.94. The van der Waals surface area contributed by atoms with Crippen LogP contribution in [0.4, 0.5) is 5.69 Å². The molecule has 2 rings (SSSR count). The number of nitrogens with zero attached hydrogens (tertiary/aromatic N) is 1. The lowest BCUT2D eigenvalue weighted by Crippen LogP contribution is -2.39. The summed E-state index contributed by atoms with van der Waals surface area (Å²) in [7, 11) is 0. The number of carbonyl (C=O) groups excluding carboxylic acids is 1. The van der Waals surface area contributed by atoms with Gasteiger partial charge in [-0.2, -0.15) is 0 Å². The van der Waals surface area contributed by atoms with Gasteiger partial charge in [-0.1, -0.05) is 15.9 Å². The Labute approximate surface area is 138 Å². The number of amides is 1. The summed E-state index contributed by atoms with van der Waals surface area (Å²) in [4.78, 5) is 24.9. The highest BCUT2D eigenvalue weighted by Crippen LogP contribution is 2.22. The molecule has 0 bridgehead atoms. The lowest BCUT2D eigenvalue weighted by Gasteiger charge is -2.30. The third kappa shape index (κ3) is 5.10. The van der Waals surface area contributed by atoms with E-state index in [9.17, 15) is 9.59 Å². The predicted molar refractivity (Wildman–Crippen MR) is 88.9 cm³/mol. The van der Waals surface area contributed by atoms with Gasteiger partial charge >= 0.3 is 5.97 Å². The van der Waals surface area contributed by atoms with Crippen LogP contribution in [-0.4, -0.2) is 41.5 Å². The number of anilines is 1. The van der Waals surface area contributed by atoms with Gasteiger partial charge in [-0.3, -0.25) is 14.5 Å². The van der Waals surface area contributed by atoms with Gasteiger partial charge in [0.1, 0.15) is 0 Å². The Kier molecular flexibility index (Phi) is 5.97. The normalized spacial score (nSPS) is 16.5. The fraction of sp³-hybridized carbons (Fsp3) is 0.500. The summed E-state index contributed by atoms with van der Waals surface area (Å²) in [6, 6.07) is 5.75. The molecule has 6 heteroatoms. The van der Waals surface area contributed by atoms with Gasteiger partial charge < -0.3 is 10.4 Å². The Hall–Kier alpha value is -1.40. The van der Waals surface area contributed by atoms with E-state index in [4.69, 9.17) is 5.11 Å². The van der Waals surface area contributed by atoms with E-state index in [-0.39, 0.29) is 18.2 Å². The van der Waals surface area contributed by atoms with Crippen molar-refractivity contribution in [3.63, 3.8) is 0 Å². The van der Waals surface area contributed by atoms with E-state index in [1.165, 1.54) is 0 Å². The van der Waals surface area contributed by atoms with E-state index >= 15 is 0 Å². The average molecular weight is 369 g/mol. The first-order valence-corrected chi connectivity index (χ1v) is 8.23. The number of hydrogen-bond donors (Lipinski definition) is 2.